The van der Waals surface area contributed by atoms with Crippen molar-refractivity contribution in [3.63, 3.8) is 0 Å². The zero-order valence-corrected chi connectivity index (χ0v) is 43.4. The average Bonchev–Trinajstić information content (AvgIpc) is 3.99. The average molecular weight is 924 g/mol. The lowest BCUT2D eigenvalue weighted by atomic mass is 9.58. The van der Waals surface area contributed by atoms with E-state index in [0.717, 1.165) is 11.4 Å². The highest BCUT2D eigenvalue weighted by Crippen LogP contribution is 2.54. The zero-order chi connectivity index (χ0) is 48.2. The molecule has 70 heavy (non-hydrogen) atoms. The largest absolute Gasteiger partial charge is 0.355 e. The molecule has 8 aromatic carbocycles. The van der Waals surface area contributed by atoms with E-state index in [4.69, 9.17) is 0 Å². The Kier molecular flexibility index (Phi) is 8.34. The first-order valence-electron chi connectivity index (χ1n) is 25.6. The molecule has 14 rings (SSSR count). The SMILES string of the molecule is CC(C)(C)c1ccc(Nc2cc3sc4cc5c(cc4c3cc2-c2ccc3c4cc6c(cc4n4c3c2[B]c2cc3c(cc2-4)-c2ccccc2C3(C)C)-c2ccccc2C6(C)C)C(C)(C)CCC5(C)C)cc1. The van der Waals surface area contributed by atoms with E-state index < -0.39 is 0 Å². The van der Waals surface area contributed by atoms with Crippen molar-refractivity contribution in [2.24, 2.45) is 0 Å². The van der Waals surface area contributed by atoms with Crippen molar-refractivity contribution in [2.75, 3.05) is 5.32 Å². The molecule has 3 heterocycles. The van der Waals surface area contributed by atoms with Gasteiger partial charge in [0.25, 0.3) is 0 Å². The van der Waals surface area contributed by atoms with Gasteiger partial charge in [0.05, 0.1) is 5.52 Å². The van der Waals surface area contributed by atoms with Crippen molar-refractivity contribution in [1.82, 2.24) is 4.57 Å². The van der Waals surface area contributed by atoms with Gasteiger partial charge in [0.15, 0.2) is 7.28 Å². The normalized spacial score (nSPS) is 17.2. The molecule has 4 aliphatic rings. The number of benzene rings is 8. The number of rotatable bonds is 3. The van der Waals surface area contributed by atoms with Crippen molar-refractivity contribution in [2.45, 2.75) is 116 Å². The van der Waals surface area contributed by atoms with Crippen molar-refractivity contribution >= 4 is 82.9 Å². The second-order valence-corrected chi connectivity index (χ2v) is 25.8. The Bertz CT molecular complexity index is 3970. The molecule has 1 radical (unpaired) electrons. The highest BCUT2D eigenvalue weighted by Gasteiger charge is 2.41. The van der Waals surface area contributed by atoms with Crippen LogP contribution in [0.4, 0.5) is 11.4 Å². The van der Waals surface area contributed by atoms with Crippen LogP contribution in [0.2, 0.25) is 0 Å². The van der Waals surface area contributed by atoms with Crippen molar-refractivity contribution in [3.05, 3.63) is 172 Å². The molecule has 0 unspecified atom stereocenters. The molecule has 0 fully saturated rings. The van der Waals surface area contributed by atoms with Crippen molar-refractivity contribution < 1.29 is 0 Å². The van der Waals surface area contributed by atoms with Crippen LogP contribution in [-0.2, 0) is 27.1 Å². The summed E-state index contributed by atoms with van der Waals surface area (Å²) in [6.07, 6.45) is 2.40. The molecule has 2 nitrogen and oxygen atoms in total. The van der Waals surface area contributed by atoms with Crippen LogP contribution in [0.5, 0.6) is 0 Å². The third-order valence-electron chi connectivity index (χ3n) is 17.8. The van der Waals surface area contributed by atoms with Crippen LogP contribution >= 0.6 is 11.3 Å². The number of hydrogen-bond donors (Lipinski definition) is 1. The van der Waals surface area contributed by atoms with Gasteiger partial charge in [-0.1, -0.05) is 160 Å². The van der Waals surface area contributed by atoms with Gasteiger partial charge in [-0.25, -0.2) is 0 Å². The van der Waals surface area contributed by atoms with E-state index in [9.17, 15) is 0 Å². The standard InChI is InChI=1S/C66H60BN2S/c1-62(2,3)36-20-22-37(23-21-36)68-55-35-59-46(47-30-52-53(34-58(47)70-59)64(6,7)27-26-63(52,4)5)28-44(55)40-24-25-41-45-29-50-42(38-16-12-14-18-48(38)65(50,8)9)31-56(45)69-57-32-43-39-17-13-15-19-49(39)66(10,11)51(43)33-54(57)67-60(40)61(41)69/h12-25,28-35,68H,26-27H2,1-11H3. The van der Waals surface area contributed by atoms with Gasteiger partial charge in [0.2, 0.25) is 0 Å². The number of hydrogen-bond acceptors (Lipinski definition) is 2. The smallest absolute Gasteiger partial charge is 0.197 e. The minimum atomic E-state index is -0.119. The number of anilines is 2. The molecule has 1 N–H and O–H groups in total. The molecule has 0 spiro atoms. The third-order valence-corrected chi connectivity index (χ3v) is 19.0. The fourth-order valence-electron chi connectivity index (χ4n) is 13.6. The van der Waals surface area contributed by atoms with Crippen LogP contribution in [-0.4, -0.2) is 11.8 Å². The minimum absolute atomic E-state index is 0.0715. The van der Waals surface area contributed by atoms with Gasteiger partial charge in [0, 0.05) is 69.9 Å². The number of aromatic nitrogens is 1. The molecule has 0 atom stereocenters. The van der Waals surface area contributed by atoms with Gasteiger partial charge in [-0.2, -0.15) is 0 Å². The molecule has 343 valence electrons. The Morgan fingerprint density at radius 2 is 1.09 bits per heavy atom. The molecule has 0 bridgehead atoms. The first-order valence-corrected chi connectivity index (χ1v) is 26.4. The molecular weight excluding hydrogens is 864 g/mol. The quantitative estimate of drug-likeness (QED) is 0.175. The lowest BCUT2D eigenvalue weighted by Crippen LogP contribution is -2.38. The molecular formula is C66H60BN2S. The summed E-state index contributed by atoms with van der Waals surface area (Å²) < 4.78 is 5.34. The molecule has 0 amide bonds. The maximum Gasteiger partial charge on any atom is 0.197 e. The van der Waals surface area contributed by atoms with Crippen LogP contribution < -0.4 is 16.2 Å². The minimum Gasteiger partial charge on any atom is -0.355 e. The Labute approximate surface area is 418 Å². The van der Waals surface area contributed by atoms with E-state index in [1.165, 1.54) is 144 Å². The first-order chi connectivity index (χ1) is 33.3. The van der Waals surface area contributed by atoms with E-state index in [1.54, 1.807) is 0 Å². The Hall–Kier alpha value is -6.36. The maximum atomic E-state index is 4.03. The fraction of sp³-hybridized carbons (Fsp3) is 0.273. The van der Waals surface area contributed by atoms with E-state index >= 15 is 0 Å². The zero-order valence-electron chi connectivity index (χ0n) is 42.5. The number of nitrogens with zero attached hydrogens (tertiary/aromatic N) is 1. The highest BCUT2D eigenvalue weighted by atomic mass is 32.1. The monoisotopic (exact) mass is 923 g/mol. The van der Waals surface area contributed by atoms with E-state index in [1.807, 2.05) is 11.3 Å². The van der Waals surface area contributed by atoms with Crippen molar-refractivity contribution in [3.8, 4) is 39.1 Å². The Balaban J connectivity index is 1.06. The van der Waals surface area contributed by atoms with Gasteiger partial charge < -0.3 is 9.88 Å². The summed E-state index contributed by atoms with van der Waals surface area (Å²) in [6.45, 7) is 26.3. The van der Waals surface area contributed by atoms with Crippen LogP contribution in [0, 0.1) is 0 Å². The molecule has 2 aromatic heterocycles. The third kappa shape index (κ3) is 5.69. The molecule has 1 aliphatic heterocycles. The van der Waals surface area contributed by atoms with E-state index in [-0.39, 0.29) is 27.1 Å². The van der Waals surface area contributed by atoms with E-state index in [2.05, 4.69) is 227 Å². The van der Waals surface area contributed by atoms with Gasteiger partial charge >= 0.3 is 0 Å². The number of fused-ring (bicyclic) bond motifs is 15. The Morgan fingerprint density at radius 1 is 0.500 bits per heavy atom. The first kappa shape index (κ1) is 42.5. The summed E-state index contributed by atoms with van der Waals surface area (Å²) in [7, 11) is 2.54. The van der Waals surface area contributed by atoms with Crippen LogP contribution in [0.3, 0.4) is 0 Å². The lowest BCUT2D eigenvalue weighted by Gasteiger charge is -2.41. The van der Waals surface area contributed by atoms with Crippen molar-refractivity contribution in [1.29, 1.82) is 0 Å². The molecule has 4 heteroatoms. The topological polar surface area (TPSA) is 17.0 Å². The van der Waals surface area contributed by atoms with Gasteiger partial charge in [0.1, 0.15) is 0 Å². The summed E-state index contributed by atoms with van der Waals surface area (Å²) in [5, 5.41) is 9.37. The Morgan fingerprint density at radius 3 is 1.76 bits per heavy atom. The summed E-state index contributed by atoms with van der Waals surface area (Å²) in [6, 6.07) is 52.4. The van der Waals surface area contributed by atoms with E-state index in [0.29, 0.717) is 0 Å². The predicted octanol–water partition coefficient (Wildman–Crippen LogP) is 16.8. The second kappa shape index (κ2) is 13.7. The van der Waals surface area contributed by atoms with Gasteiger partial charge in [-0.15, -0.1) is 11.3 Å². The summed E-state index contributed by atoms with van der Waals surface area (Å²) in [4.78, 5) is 0. The van der Waals surface area contributed by atoms with Crippen LogP contribution in [0.25, 0.3) is 81.0 Å². The van der Waals surface area contributed by atoms with Gasteiger partial charge in [-0.3, -0.25) is 0 Å². The molecule has 10 aromatic rings. The lowest BCUT2D eigenvalue weighted by molar-refractivity contribution is 0.332. The second-order valence-electron chi connectivity index (χ2n) is 24.7. The molecule has 0 saturated carbocycles. The summed E-state index contributed by atoms with van der Waals surface area (Å²) in [5.74, 6) is 0. The highest BCUT2D eigenvalue weighted by molar-refractivity contribution is 7.25. The summed E-state index contributed by atoms with van der Waals surface area (Å²) >= 11 is 1.95. The number of thiophene rings is 1. The molecule has 3 aliphatic carbocycles. The molecule has 0 saturated heterocycles. The fourth-order valence-corrected chi connectivity index (χ4v) is 14.7. The van der Waals surface area contributed by atoms with Crippen LogP contribution in [0.15, 0.2) is 133 Å². The predicted molar refractivity (Wildman–Crippen MR) is 303 cm³/mol. The van der Waals surface area contributed by atoms with Gasteiger partial charge in [-0.05, 0) is 156 Å². The number of nitrogens with one attached hydrogen (secondary N) is 1. The summed E-state index contributed by atoms with van der Waals surface area (Å²) in [5.41, 5.74) is 26.6. The maximum absolute atomic E-state index is 4.03. The van der Waals surface area contributed by atoms with Crippen LogP contribution in [0.1, 0.15) is 128 Å².